The van der Waals surface area contributed by atoms with Crippen molar-refractivity contribution in [1.29, 1.82) is 0 Å². The second kappa shape index (κ2) is 6.21. The van der Waals surface area contributed by atoms with E-state index in [-0.39, 0.29) is 0 Å². The van der Waals surface area contributed by atoms with Gasteiger partial charge in [-0.25, -0.2) is 0 Å². The van der Waals surface area contributed by atoms with E-state index in [0.717, 1.165) is 28.5 Å². The Labute approximate surface area is 156 Å². The molecule has 4 aromatic heterocycles. The Bertz CT molecular complexity index is 1070. The van der Waals surface area contributed by atoms with Crippen LogP contribution in [0.1, 0.15) is 22.8 Å². The summed E-state index contributed by atoms with van der Waals surface area (Å²) in [7, 11) is 0. The van der Waals surface area contributed by atoms with E-state index in [2.05, 4.69) is 25.6 Å². The minimum atomic E-state index is -0.869. The molecule has 0 unspecified atom stereocenters. The minimum absolute atomic E-state index is 0.812. The molecule has 0 spiro atoms. The Balaban J connectivity index is 1.87. The van der Waals surface area contributed by atoms with Crippen molar-refractivity contribution < 1.29 is 4.57 Å². The Hall–Kier alpha value is -3.73. The van der Waals surface area contributed by atoms with E-state index in [1.54, 1.807) is 18.6 Å². The predicted molar refractivity (Wildman–Crippen MR) is 101 cm³/mol. The highest BCUT2D eigenvalue weighted by atomic mass is 15.3. The quantitative estimate of drug-likeness (QED) is 0.534. The predicted octanol–water partition coefficient (Wildman–Crippen LogP) is 2.76. The number of aromatic nitrogens is 4. The average Bonchev–Trinajstić information content (AvgIpc) is 3.12. The molecule has 1 aliphatic heterocycles. The van der Waals surface area contributed by atoms with Gasteiger partial charge in [-0.15, -0.1) is 0 Å². The van der Waals surface area contributed by atoms with Crippen LogP contribution in [0, 0.1) is 0 Å². The van der Waals surface area contributed by atoms with E-state index in [1.165, 1.54) is 0 Å². The summed E-state index contributed by atoms with van der Waals surface area (Å²) in [5, 5.41) is 0. The Morgan fingerprint density at radius 1 is 0.630 bits per heavy atom. The van der Waals surface area contributed by atoms with Crippen molar-refractivity contribution >= 4 is 5.71 Å². The van der Waals surface area contributed by atoms with Crippen molar-refractivity contribution in [1.82, 2.24) is 15.0 Å². The van der Waals surface area contributed by atoms with Gasteiger partial charge in [-0.1, -0.05) is 18.2 Å². The van der Waals surface area contributed by atoms with E-state index in [9.17, 15) is 0 Å². The Morgan fingerprint density at radius 3 is 1.85 bits per heavy atom. The van der Waals surface area contributed by atoms with Crippen LogP contribution in [0.25, 0.3) is 0 Å². The highest BCUT2D eigenvalue weighted by molar-refractivity contribution is 6.10. The SMILES string of the molecule is c1ccc(C2=NC(c3ccccn3)(c3ccccn3)[n+]3ccccc32)nc1. The van der Waals surface area contributed by atoms with Crippen LogP contribution in [-0.4, -0.2) is 20.7 Å². The van der Waals surface area contributed by atoms with Crippen molar-refractivity contribution in [2.45, 2.75) is 5.66 Å². The molecule has 0 aliphatic carbocycles. The number of pyridine rings is 4. The lowest BCUT2D eigenvalue weighted by Crippen LogP contribution is -2.56. The molecule has 0 saturated heterocycles. The molecule has 0 bridgehead atoms. The van der Waals surface area contributed by atoms with Gasteiger partial charge < -0.3 is 0 Å². The van der Waals surface area contributed by atoms with Crippen molar-refractivity contribution in [3.63, 3.8) is 0 Å². The third-order valence-corrected chi connectivity index (χ3v) is 4.68. The molecule has 0 fully saturated rings. The Morgan fingerprint density at radius 2 is 1.26 bits per heavy atom. The van der Waals surface area contributed by atoms with Gasteiger partial charge in [0.05, 0.1) is 5.69 Å². The van der Waals surface area contributed by atoms with Crippen LogP contribution in [0.3, 0.4) is 0 Å². The smallest absolute Gasteiger partial charge is 0.254 e. The second-order valence-corrected chi connectivity index (χ2v) is 6.23. The molecule has 1 aliphatic rings. The third-order valence-electron chi connectivity index (χ3n) is 4.68. The summed E-state index contributed by atoms with van der Waals surface area (Å²) in [5.41, 5.74) is 3.39. The molecular formula is C22H16N5+. The zero-order valence-corrected chi connectivity index (χ0v) is 14.5. The monoisotopic (exact) mass is 350 g/mol. The molecule has 128 valence electrons. The molecule has 0 N–H and O–H groups in total. The lowest BCUT2D eigenvalue weighted by atomic mass is 10.0. The van der Waals surface area contributed by atoms with Crippen LogP contribution in [0.4, 0.5) is 0 Å². The number of hydrogen-bond acceptors (Lipinski definition) is 4. The second-order valence-electron chi connectivity index (χ2n) is 6.23. The maximum atomic E-state index is 5.19. The van der Waals surface area contributed by atoms with Gasteiger partial charge in [0.25, 0.3) is 0 Å². The van der Waals surface area contributed by atoms with Crippen LogP contribution in [0.15, 0.2) is 103 Å². The molecular weight excluding hydrogens is 334 g/mol. The molecule has 5 heterocycles. The van der Waals surface area contributed by atoms with Gasteiger partial charge in [0.2, 0.25) is 5.69 Å². The highest BCUT2D eigenvalue weighted by Crippen LogP contribution is 2.33. The molecule has 0 saturated carbocycles. The molecule has 27 heavy (non-hydrogen) atoms. The van der Waals surface area contributed by atoms with E-state index in [4.69, 9.17) is 4.99 Å². The summed E-state index contributed by atoms with van der Waals surface area (Å²) in [6.45, 7) is 0. The number of rotatable bonds is 3. The lowest BCUT2D eigenvalue weighted by molar-refractivity contribution is -0.739. The topological polar surface area (TPSA) is 54.9 Å². The van der Waals surface area contributed by atoms with Gasteiger partial charge in [-0.3, -0.25) is 15.0 Å². The van der Waals surface area contributed by atoms with E-state index < -0.39 is 5.66 Å². The van der Waals surface area contributed by atoms with Crippen LogP contribution in [0.2, 0.25) is 0 Å². The van der Waals surface area contributed by atoms with E-state index in [1.807, 2.05) is 72.9 Å². The van der Waals surface area contributed by atoms with Gasteiger partial charge in [0, 0.05) is 30.7 Å². The summed E-state index contributed by atoms with van der Waals surface area (Å²) < 4.78 is 2.13. The average molecular weight is 350 g/mol. The molecule has 4 aromatic rings. The molecule has 0 radical (unpaired) electrons. The minimum Gasteiger partial charge on any atom is -0.254 e. The number of fused-ring (bicyclic) bond motifs is 1. The molecule has 5 rings (SSSR count). The lowest BCUT2D eigenvalue weighted by Gasteiger charge is -2.20. The summed E-state index contributed by atoms with van der Waals surface area (Å²) in [6.07, 6.45) is 7.39. The number of hydrogen-bond donors (Lipinski definition) is 0. The van der Waals surface area contributed by atoms with Crippen LogP contribution in [0.5, 0.6) is 0 Å². The van der Waals surface area contributed by atoms with Gasteiger partial charge in [0.15, 0.2) is 11.9 Å². The van der Waals surface area contributed by atoms with Crippen molar-refractivity contribution in [2.24, 2.45) is 4.99 Å². The van der Waals surface area contributed by atoms with E-state index >= 15 is 0 Å². The zero-order valence-electron chi connectivity index (χ0n) is 14.5. The summed E-state index contributed by atoms with van der Waals surface area (Å²) in [5.74, 6) is 0. The number of nitrogens with zero attached hydrogens (tertiary/aromatic N) is 5. The van der Waals surface area contributed by atoms with Gasteiger partial charge >= 0.3 is 5.66 Å². The van der Waals surface area contributed by atoms with Crippen molar-refractivity contribution in [2.75, 3.05) is 0 Å². The maximum absolute atomic E-state index is 5.19. The first-order valence-corrected chi connectivity index (χ1v) is 8.75. The summed E-state index contributed by atoms with van der Waals surface area (Å²) in [4.78, 5) is 19.0. The van der Waals surface area contributed by atoms with Gasteiger partial charge in [0.1, 0.15) is 11.4 Å². The van der Waals surface area contributed by atoms with Crippen LogP contribution < -0.4 is 4.57 Å². The maximum Gasteiger partial charge on any atom is 0.348 e. The first-order valence-electron chi connectivity index (χ1n) is 8.75. The van der Waals surface area contributed by atoms with Gasteiger partial charge in [-0.2, -0.15) is 9.56 Å². The van der Waals surface area contributed by atoms with Gasteiger partial charge in [-0.05, 0) is 42.5 Å². The largest absolute Gasteiger partial charge is 0.348 e. The third kappa shape index (κ3) is 2.36. The van der Waals surface area contributed by atoms with Crippen LogP contribution >= 0.6 is 0 Å². The summed E-state index contributed by atoms with van der Waals surface area (Å²) in [6, 6.07) is 23.7. The first kappa shape index (κ1) is 15.5. The fourth-order valence-corrected chi connectivity index (χ4v) is 3.51. The zero-order chi connectivity index (χ0) is 18.1. The molecule has 5 nitrogen and oxygen atoms in total. The fraction of sp³-hybridized carbons (Fsp3) is 0.0455. The van der Waals surface area contributed by atoms with E-state index in [0.29, 0.717) is 0 Å². The fourth-order valence-electron chi connectivity index (χ4n) is 3.51. The normalized spacial score (nSPS) is 14.4. The van der Waals surface area contributed by atoms with Crippen molar-refractivity contribution in [3.05, 3.63) is 120 Å². The number of aliphatic imine (C=N–C) groups is 1. The molecule has 0 aromatic carbocycles. The highest BCUT2D eigenvalue weighted by Gasteiger charge is 2.54. The van der Waals surface area contributed by atoms with Crippen LogP contribution in [-0.2, 0) is 5.66 Å². The first-order chi connectivity index (χ1) is 13.4. The van der Waals surface area contributed by atoms with Crippen molar-refractivity contribution in [3.8, 4) is 0 Å². The standard InChI is InChI=1S/C22H16N5/c1-5-13-23-17(9-1)21-18-10-4-8-16-27(18)22(26-21,19-11-2-6-14-24-19)20-12-3-7-15-25-20/h1-16H/q+1. The molecule has 0 amide bonds. The molecule has 5 heteroatoms. The summed E-state index contributed by atoms with van der Waals surface area (Å²) >= 11 is 0. The molecule has 0 atom stereocenters. The Kier molecular flexibility index (Phi) is 3.57.